The molecule has 1 aromatic heterocycles. The standard InChI is InChI=1S/C5H9N5O3/c11-1-2-13-5(12)6-3-4-7-9-10-8-4/h11H,1-3H2,(H,6,12)(H,7,8,9,10). The number of hydrogen-bond donors (Lipinski definition) is 3. The SMILES string of the molecule is O=C(NCc1nn[nH]n1)OCCO. The van der Waals surface area contributed by atoms with Gasteiger partial charge in [0.15, 0.2) is 5.82 Å². The van der Waals surface area contributed by atoms with E-state index in [0.29, 0.717) is 5.82 Å². The third kappa shape index (κ3) is 3.47. The first kappa shape index (κ1) is 9.39. The van der Waals surface area contributed by atoms with Crippen LogP contribution in [0.5, 0.6) is 0 Å². The van der Waals surface area contributed by atoms with Crippen molar-refractivity contribution in [3.63, 3.8) is 0 Å². The quantitative estimate of drug-likeness (QED) is 0.524. The van der Waals surface area contributed by atoms with E-state index in [9.17, 15) is 4.79 Å². The van der Waals surface area contributed by atoms with E-state index in [4.69, 9.17) is 5.11 Å². The summed E-state index contributed by atoms with van der Waals surface area (Å²) < 4.78 is 4.50. The van der Waals surface area contributed by atoms with Crippen LogP contribution >= 0.6 is 0 Å². The van der Waals surface area contributed by atoms with Crippen LogP contribution < -0.4 is 5.32 Å². The Morgan fingerprint density at radius 2 is 2.54 bits per heavy atom. The fraction of sp³-hybridized carbons (Fsp3) is 0.600. The number of alkyl carbamates (subject to hydrolysis) is 1. The number of hydrogen-bond acceptors (Lipinski definition) is 6. The van der Waals surface area contributed by atoms with Gasteiger partial charge in [0.2, 0.25) is 0 Å². The summed E-state index contributed by atoms with van der Waals surface area (Å²) in [6.45, 7) is -0.0888. The molecule has 72 valence electrons. The highest BCUT2D eigenvalue weighted by molar-refractivity contribution is 5.66. The van der Waals surface area contributed by atoms with Crippen molar-refractivity contribution in [3.05, 3.63) is 5.82 Å². The summed E-state index contributed by atoms with van der Waals surface area (Å²) >= 11 is 0. The monoisotopic (exact) mass is 187 g/mol. The number of aliphatic hydroxyl groups excluding tert-OH is 1. The predicted octanol–water partition coefficient (Wildman–Crippen LogP) is -1.58. The number of tetrazole rings is 1. The van der Waals surface area contributed by atoms with Gasteiger partial charge in [0.1, 0.15) is 6.61 Å². The number of nitrogens with one attached hydrogen (secondary N) is 2. The van der Waals surface area contributed by atoms with Gasteiger partial charge in [-0.15, -0.1) is 10.2 Å². The number of amides is 1. The first-order valence-electron chi connectivity index (χ1n) is 3.56. The molecule has 1 aromatic rings. The van der Waals surface area contributed by atoms with Crippen molar-refractivity contribution in [2.45, 2.75) is 6.54 Å². The lowest BCUT2D eigenvalue weighted by atomic mass is 10.6. The van der Waals surface area contributed by atoms with Crippen molar-refractivity contribution < 1.29 is 14.6 Å². The minimum absolute atomic E-state index is 0.0297. The summed E-state index contributed by atoms with van der Waals surface area (Å²) in [5, 5.41) is 23.4. The largest absolute Gasteiger partial charge is 0.447 e. The summed E-state index contributed by atoms with van der Waals surface area (Å²) in [6.07, 6.45) is -0.626. The van der Waals surface area contributed by atoms with E-state index in [0.717, 1.165) is 0 Å². The van der Waals surface area contributed by atoms with Gasteiger partial charge in [0.25, 0.3) is 0 Å². The maximum Gasteiger partial charge on any atom is 0.407 e. The Labute approximate surface area is 73.3 Å². The van der Waals surface area contributed by atoms with Crippen LogP contribution in [0, 0.1) is 0 Å². The first-order chi connectivity index (χ1) is 6.33. The van der Waals surface area contributed by atoms with Gasteiger partial charge < -0.3 is 15.2 Å². The normalized spacial score (nSPS) is 9.62. The fourth-order valence-corrected chi connectivity index (χ4v) is 0.598. The maximum atomic E-state index is 10.8. The zero-order chi connectivity index (χ0) is 9.52. The van der Waals surface area contributed by atoms with E-state index in [1.54, 1.807) is 0 Å². The number of ether oxygens (including phenoxy) is 1. The van der Waals surface area contributed by atoms with Gasteiger partial charge in [-0.05, 0) is 0 Å². The van der Waals surface area contributed by atoms with Gasteiger partial charge in [-0.2, -0.15) is 5.21 Å². The number of aromatic nitrogens is 4. The summed E-state index contributed by atoms with van der Waals surface area (Å²) in [7, 11) is 0. The highest BCUT2D eigenvalue weighted by Gasteiger charge is 2.03. The Hall–Kier alpha value is -1.70. The number of aliphatic hydroxyl groups is 1. The molecule has 0 fully saturated rings. The van der Waals surface area contributed by atoms with Crippen molar-refractivity contribution in [3.8, 4) is 0 Å². The smallest absolute Gasteiger partial charge is 0.407 e. The second kappa shape index (κ2) is 5.04. The van der Waals surface area contributed by atoms with E-state index in [-0.39, 0.29) is 19.8 Å². The molecule has 8 heteroatoms. The lowest BCUT2D eigenvalue weighted by Crippen LogP contribution is -2.25. The van der Waals surface area contributed by atoms with Gasteiger partial charge in [-0.1, -0.05) is 5.21 Å². The van der Waals surface area contributed by atoms with Crippen LogP contribution in [-0.4, -0.2) is 45.0 Å². The van der Waals surface area contributed by atoms with E-state index in [1.807, 2.05) is 0 Å². The Balaban J connectivity index is 2.15. The zero-order valence-corrected chi connectivity index (χ0v) is 6.73. The van der Waals surface area contributed by atoms with Crippen LogP contribution in [0.2, 0.25) is 0 Å². The van der Waals surface area contributed by atoms with Crippen LogP contribution in [0.1, 0.15) is 5.82 Å². The Kier molecular flexibility index (Phi) is 3.64. The highest BCUT2D eigenvalue weighted by Crippen LogP contribution is 1.83. The van der Waals surface area contributed by atoms with E-state index >= 15 is 0 Å². The molecule has 0 aromatic carbocycles. The van der Waals surface area contributed by atoms with Gasteiger partial charge in [-0.3, -0.25) is 0 Å². The zero-order valence-electron chi connectivity index (χ0n) is 6.73. The van der Waals surface area contributed by atoms with Crippen LogP contribution in [0.15, 0.2) is 0 Å². The molecule has 0 unspecified atom stereocenters. The Morgan fingerprint density at radius 1 is 1.69 bits per heavy atom. The number of H-pyrrole nitrogens is 1. The van der Waals surface area contributed by atoms with Crippen molar-refractivity contribution in [2.24, 2.45) is 0 Å². The molecule has 0 radical (unpaired) electrons. The molecule has 13 heavy (non-hydrogen) atoms. The second-order valence-electron chi connectivity index (χ2n) is 2.04. The van der Waals surface area contributed by atoms with Gasteiger partial charge in [-0.25, -0.2) is 4.79 Å². The first-order valence-corrected chi connectivity index (χ1v) is 3.56. The van der Waals surface area contributed by atoms with Gasteiger partial charge in [0.05, 0.1) is 13.2 Å². The number of carbonyl (C=O) groups excluding carboxylic acids is 1. The molecule has 0 aliphatic heterocycles. The number of aromatic amines is 1. The van der Waals surface area contributed by atoms with Crippen LogP contribution in [-0.2, 0) is 11.3 Å². The summed E-state index contributed by atoms with van der Waals surface area (Å²) in [5.41, 5.74) is 0. The molecule has 0 bridgehead atoms. The van der Waals surface area contributed by atoms with Crippen molar-refractivity contribution in [1.82, 2.24) is 25.9 Å². The van der Waals surface area contributed by atoms with Crippen molar-refractivity contribution in [1.29, 1.82) is 0 Å². The third-order valence-corrected chi connectivity index (χ3v) is 1.10. The minimum Gasteiger partial charge on any atom is -0.447 e. The van der Waals surface area contributed by atoms with E-state index < -0.39 is 6.09 Å². The average Bonchev–Trinajstić information content (AvgIpc) is 2.64. The maximum absolute atomic E-state index is 10.8. The van der Waals surface area contributed by atoms with Crippen LogP contribution in [0.25, 0.3) is 0 Å². The summed E-state index contributed by atoms with van der Waals surface area (Å²) in [5.74, 6) is 0.362. The fourth-order valence-electron chi connectivity index (χ4n) is 0.598. The topological polar surface area (TPSA) is 113 Å². The summed E-state index contributed by atoms with van der Waals surface area (Å²) in [6, 6.07) is 0. The van der Waals surface area contributed by atoms with E-state index in [2.05, 4.69) is 30.7 Å². The molecule has 8 nitrogen and oxygen atoms in total. The van der Waals surface area contributed by atoms with E-state index in [1.165, 1.54) is 0 Å². The summed E-state index contributed by atoms with van der Waals surface area (Å²) in [4.78, 5) is 10.8. The van der Waals surface area contributed by atoms with Gasteiger partial charge in [0, 0.05) is 0 Å². The number of carbonyl (C=O) groups is 1. The van der Waals surface area contributed by atoms with Crippen LogP contribution in [0.3, 0.4) is 0 Å². The average molecular weight is 187 g/mol. The van der Waals surface area contributed by atoms with Crippen molar-refractivity contribution >= 4 is 6.09 Å². The molecule has 0 spiro atoms. The molecule has 0 aliphatic rings. The molecule has 0 saturated heterocycles. The highest BCUT2D eigenvalue weighted by atomic mass is 16.6. The number of rotatable bonds is 4. The Morgan fingerprint density at radius 3 is 3.15 bits per heavy atom. The molecule has 3 N–H and O–H groups in total. The van der Waals surface area contributed by atoms with Crippen molar-refractivity contribution in [2.75, 3.05) is 13.2 Å². The molecule has 1 amide bonds. The molecule has 0 saturated carbocycles. The van der Waals surface area contributed by atoms with Gasteiger partial charge >= 0.3 is 6.09 Å². The predicted molar refractivity (Wildman–Crippen MR) is 39.5 cm³/mol. The molecular formula is C5H9N5O3. The molecule has 1 rings (SSSR count). The molecule has 1 heterocycles. The second-order valence-corrected chi connectivity index (χ2v) is 2.04. The minimum atomic E-state index is -0.626. The lowest BCUT2D eigenvalue weighted by Gasteiger charge is -2.02. The molecule has 0 aliphatic carbocycles. The molecule has 0 atom stereocenters. The van der Waals surface area contributed by atoms with Crippen LogP contribution in [0.4, 0.5) is 4.79 Å². The number of nitrogens with zero attached hydrogens (tertiary/aromatic N) is 3. The lowest BCUT2D eigenvalue weighted by molar-refractivity contribution is 0.118. The molecular weight excluding hydrogens is 178 g/mol. The third-order valence-electron chi connectivity index (χ3n) is 1.10. The Bertz CT molecular complexity index is 249.